The minimum Gasteiger partial charge on any atom is -0.396 e. The number of likely N-dealkylation sites (tertiary alicyclic amines) is 1. The van der Waals surface area contributed by atoms with E-state index in [4.69, 9.17) is 5.73 Å². The van der Waals surface area contributed by atoms with E-state index in [-0.39, 0.29) is 12.4 Å². The van der Waals surface area contributed by atoms with Crippen molar-refractivity contribution in [1.29, 1.82) is 0 Å². The van der Waals surface area contributed by atoms with Crippen molar-refractivity contribution in [3.8, 4) is 0 Å². The molecule has 5 heteroatoms. The molecule has 1 fully saturated rings. The summed E-state index contributed by atoms with van der Waals surface area (Å²) in [7, 11) is 0. The first-order valence-corrected chi connectivity index (χ1v) is 5.35. The van der Waals surface area contributed by atoms with Crippen LogP contribution in [0.2, 0.25) is 0 Å². The predicted octanol–water partition coefficient (Wildman–Crippen LogP) is 1.37. The zero-order valence-electron chi connectivity index (χ0n) is 8.93. The fourth-order valence-electron chi connectivity index (χ4n) is 1.93. The Morgan fingerprint density at radius 2 is 1.93 bits per heavy atom. The third-order valence-corrected chi connectivity index (χ3v) is 2.75. The molecule has 0 amide bonds. The van der Waals surface area contributed by atoms with Gasteiger partial charge in [0, 0.05) is 12.7 Å². The fourth-order valence-corrected chi connectivity index (χ4v) is 1.93. The van der Waals surface area contributed by atoms with Gasteiger partial charge in [-0.25, -0.2) is 0 Å². The van der Waals surface area contributed by atoms with Gasteiger partial charge in [-0.3, -0.25) is 4.68 Å². The van der Waals surface area contributed by atoms with Gasteiger partial charge in [-0.2, -0.15) is 5.10 Å². The highest BCUT2D eigenvalue weighted by Crippen LogP contribution is 2.08. The van der Waals surface area contributed by atoms with Crippen molar-refractivity contribution < 1.29 is 0 Å². The van der Waals surface area contributed by atoms with Gasteiger partial charge in [0.25, 0.3) is 0 Å². The molecule has 0 aliphatic carbocycles. The van der Waals surface area contributed by atoms with Crippen LogP contribution in [0.5, 0.6) is 0 Å². The lowest BCUT2D eigenvalue weighted by molar-refractivity contribution is 0.218. The van der Waals surface area contributed by atoms with E-state index in [0.29, 0.717) is 0 Å². The van der Waals surface area contributed by atoms with Gasteiger partial charge < -0.3 is 10.6 Å². The van der Waals surface area contributed by atoms with Gasteiger partial charge in [0.1, 0.15) is 0 Å². The van der Waals surface area contributed by atoms with Crippen molar-refractivity contribution in [2.75, 3.05) is 25.4 Å². The van der Waals surface area contributed by atoms with Crippen LogP contribution in [0, 0.1) is 0 Å². The number of hydrogen-bond acceptors (Lipinski definition) is 3. The summed E-state index contributed by atoms with van der Waals surface area (Å²) in [5.74, 6) is 0. The highest BCUT2D eigenvalue weighted by molar-refractivity contribution is 5.85. The van der Waals surface area contributed by atoms with Crippen molar-refractivity contribution in [1.82, 2.24) is 14.7 Å². The van der Waals surface area contributed by atoms with Crippen LogP contribution >= 0.6 is 12.4 Å². The standard InChI is InChI=1S/C10H18N4.ClH/c11-10-8-12-14(9-10)7-6-13-4-2-1-3-5-13;/h8-9H,1-7,11H2;1H. The number of nitrogens with zero attached hydrogens (tertiary/aromatic N) is 3. The number of nitrogen functional groups attached to an aromatic ring is 1. The maximum atomic E-state index is 5.59. The zero-order valence-corrected chi connectivity index (χ0v) is 9.75. The number of aromatic nitrogens is 2. The number of hydrogen-bond donors (Lipinski definition) is 1. The van der Waals surface area contributed by atoms with Gasteiger partial charge >= 0.3 is 0 Å². The Kier molecular flexibility index (Phi) is 4.91. The molecule has 1 aromatic heterocycles. The Bertz CT molecular complexity index is 281. The number of rotatable bonds is 3. The number of anilines is 1. The summed E-state index contributed by atoms with van der Waals surface area (Å²) in [6.07, 6.45) is 7.69. The lowest BCUT2D eigenvalue weighted by Gasteiger charge is -2.26. The van der Waals surface area contributed by atoms with Crippen molar-refractivity contribution >= 4 is 18.1 Å². The van der Waals surface area contributed by atoms with E-state index in [1.807, 2.05) is 10.9 Å². The molecule has 86 valence electrons. The molecule has 0 saturated carbocycles. The lowest BCUT2D eigenvalue weighted by atomic mass is 10.1. The normalized spacial score (nSPS) is 17.3. The molecule has 1 aliphatic rings. The maximum Gasteiger partial charge on any atom is 0.0719 e. The van der Waals surface area contributed by atoms with Crippen LogP contribution in [0.25, 0.3) is 0 Å². The van der Waals surface area contributed by atoms with Crippen LogP contribution in [0.3, 0.4) is 0 Å². The van der Waals surface area contributed by atoms with Crippen molar-refractivity contribution in [3.63, 3.8) is 0 Å². The van der Waals surface area contributed by atoms with Crippen LogP contribution in [0.1, 0.15) is 19.3 Å². The van der Waals surface area contributed by atoms with Gasteiger partial charge in [-0.05, 0) is 25.9 Å². The van der Waals surface area contributed by atoms with Gasteiger partial charge in [0.2, 0.25) is 0 Å². The summed E-state index contributed by atoms with van der Waals surface area (Å²) in [5, 5.41) is 4.17. The second-order valence-electron chi connectivity index (χ2n) is 3.94. The molecule has 0 aromatic carbocycles. The van der Waals surface area contributed by atoms with E-state index in [1.165, 1.54) is 32.4 Å². The highest BCUT2D eigenvalue weighted by Gasteiger charge is 2.09. The maximum absolute atomic E-state index is 5.59. The Morgan fingerprint density at radius 3 is 2.53 bits per heavy atom. The second-order valence-corrected chi connectivity index (χ2v) is 3.94. The molecule has 2 N–H and O–H groups in total. The summed E-state index contributed by atoms with van der Waals surface area (Å²) < 4.78 is 1.92. The SMILES string of the molecule is Cl.Nc1cnn(CCN2CCCCC2)c1. The molecule has 0 unspecified atom stereocenters. The van der Waals surface area contributed by atoms with Gasteiger partial charge in [0.05, 0.1) is 18.4 Å². The van der Waals surface area contributed by atoms with Crippen LogP contribution in [-0.4, -0.2) is 34.3 Å². The molecule has 0 atom stereocenters. The van der Waals surface area contributed by atoms with Crippen molar-refractivity contribution in [2.45, 2.75) is 25.8 Å². The summed E-state index contributed by atoms with van der Waals surface area (Å²) in [6, 6.07) is 0. The van der Waals surface area contributed by atoms with E-state index in [2.05, 4.69) is 10.00 Å². The van der Waals surface area contributed by atoms with Gasteiger partial charge in [-0.15, -0.1) is 12.4 Å². The van der Waals surface area contributed by atoms with E-state index < -0.39 is 0 Å². The number of piperidine rings is 1. The third kappa shape index (κ3) is 3.72. The van der Waals surface area contributed by atoms with Crippen LogP contribution in [0.4, 0.5) is 5.69 Å². The molecule has 2 heterocycles. The first kappa shape index (κ1) is 12.3. The third-order valence-electron chi connectivity index (χ3n) is 2.75. The highest BCUT2D eigenvalue weighted by atomic mass is 35.5. The molecular formula is C10H19ClN4. The Labute approximate surface area is 96.8 Å². The van der Waals surface area contributed by atoms with E-state index in [9.17, 15) is 0 Å². The largest absolute Gasteiger partial charge is 0.396 e. The predicted molar refractivity (Wildman–Crippen MR) is 64.2 cm³/mol. The molecule has 1 aromatic rings. The van der Waals surface area contributed by atoms with Crippen LogP contribution < -0.4 is 5.73 Å². The van der Waals surface area contributed by atoms with E-state index >= 15 is 0 Å². The Hall–Kier alpha value is -0.740. The summed E-state index contributed by atoms with van der Waals surface area (Å²) in [6.45, 7) is 4.55. The smallest absolute Gasteiger partial charge is 0.0719 e. The first-order valence-electron chi connectivity index (χ1n) is 5.35. The molecule has 0 bridgehead atoms. The Morgan fingerprint density at radius 1 is 1.20 bits per heavy atom. The average molecular weight is 231 g/mol. The summed E-state index contributed by atoms with van der Waals surface area (Å²) in [5.41, 5.74) is 6.34. The van der Waals surface area contributed by atoms with E-state index in [1.54, 1.807) is 6.20 Å². The lowest BCUT2D eigenvalue weighted by Crippen LogP contribution is -2.32. The molecule has 1 aliphatic heterocycles. The monoisotopic (exact) mass is 230 g/mol. The van der Waals surface area contributed by atoms with Crippen molar-refractivity contribution in [2.24, 2.45) is 0 Å². The summed E-state index contributed by atoms with van der Waals surface area (Å²) in [4.78, 5) is 2.50. The number of halogens is 1. The minimum absolute atomic E-state index is 0. The Balaban J connectivity index is 0.00000112. The quantitative estimate of drug-likeness (QED) is 0.854. The fraction of sp³-hybridized carbons (Fsp3) is 0.700. The minimum atomic E-state index is 0. The zero-order chi connectivity index (χ0) is 9.80. The molecule has 4 nitrogen and oxygen atoms in total. The summed E-state index contributed by atoms with van der Waals surface area (Å²) >= 11 is 0. The van der Waals surface area contributed by atoms with Gasteiger partial charge in [0.15, 0.2) is 0 Å². The van der Waals surface area contributed by atoms with Crippen LogP contribution in [-0.2, 0) is 6.54 Å². The van der Waals surface area contributed by atoms with E-state index in [0.717, 1.165) is 18.8 Å². The molecule has 2 rings (SSSR count). The van der Waals surface area contributed by atoms with Crippen molar-refractivity contribution in [3.05, 3.63) is 12.4 Å². The first-order chi connectivity index (χ1) is 6.84. The molecule has 0 radical (unpaired) electrons. The molecule has 15 heavy (non-hydrogen) atoms. The van der Waals surface area contributed by atoms with Crippen LogP contribution in [0.15, 0.2) is 12.4 Å². The molecular weight excluding hydrogens is 212 g/mol. The molecule has 0 spiro atoms. The average Bonchev–Trinajstić information content (AvgIpc) is 2.63. The molecule has 1 saturated heterocycles. The second kappa shape index (κ2) is 5.98. The topological polar surface area (TPSA) is 47.1 Å². The van der Waals surface area contributed by atoms with Gasteiger partial charge in [-0.1, -0.05) is 6.42 Å². The number of nitrogens with two attached hydrogens (primary N) is 1.